The van der Waals surface area contributed by atoms with E-state index in [-0.39, 0.29) is 17.0 Å². The molecule has 0 aliphatic carbocycles. The number of halogens is 1. The van der Waals surface area contributed by atoms with E-state index in [0.717, 1.165) is 0 Å². The molecule has 0 aliphatic heterocycles. The van der Waals surface area contributed by atoms with Crippen LogP contribution in [0.2, 0.25) is 0 Å². The van der Waals surface area contributed by atoms with Crippen molar-refractivity contribution in [1.29, 1.82) is 0 Å². The molecular formula is C13H22BrP. The Morgan fingerprint density at radius 2 is 1.67 bits per heavy atom. The topological polar surface area (TPSA) is 0 Å². The van der Waals surface area contributed by atoms with E-state index in [4.69, 9.17) is 0 Å². The fourth-order valence-corrected chi connectivity index (χ4v) is 4.27. The van der Waals surface area contributed by atoms with Crippen LogP contribution in [0.15, 0.2) is 30.3 Å². The lowest BCUT2D eigenvalue weighted by atomic mass is 10.2. The molecule has 15 heavy (non-hydrogen) atoms. The highest BCUT2D eigenvalue weighted by atomic mass is 79.9. The molecule has 1 aromatic carbocycles. The summed E-state index contributed by atoms with van der Waals surface area (Å²) in [6.45, 7) is 7.24. The predicted molar refractivity (Wildman–Crippen MR) is 68.7 cm³/mol. The van der Waals surface area contributed by atoms with Crippen molar-refractivity contribution >= 4 is 7.26 Å². The molecule has 0 spiro atoms. The smallest absolute Gasteiger partial charge is 0.0837 e. The maximum atomic E-state index is 2.48. The Balaban J connectivity index is 0.00000196. The van der Waals surface area contributed by atoms with Crippen LogP contribution in [0.1, 0.15) is 25.3 Å². The Kier molecular flexibility index (Phi) is 7.48. The van der Waals surface area contributed by atoms with Gasteiger partial charge in [0.15, 0.2) is 0 Å². The van der Waals surface area contributed by atoms with E-state index in [0.29, 0.717) is 0 Å². The largest absolute Gasteiger partial charge is 1.00 e. The summed E-state index contributed by atoms with van der Waals surface area (Å²) >= 11 is 0. The molecule has 0 unspecified atom stereocenters. The zero-order valence-corrected chi connectivity index (χ0v) is 12.5. The minimum atomic E-state index is -0.681. The summed E-state index contributed by atoms with van der Waals surface area (Å²) in [5, 5.41) is 0. The van der Waals surface area contributed by atoms with Crippen molar-refractivity contribution in [3.05, 3.63) is 35.9 Å². The third-order valence-electron chi connectivity index (χ3n) is 2.57. The highest BCUT2D eigenvalue weighted by Gasteiger charge is 2.24. The third kappa shape index (κ3) is 6.33. The first-order valence-corrected chi connectivity index (χ1v) is 8.55. The second-order valence-corrected chi connectivity index (χ2v) is 9.29. The van der Waals surface area contributed by atoms with Crippen LogP contribution in [0.4, 0.5) is 0 Å². The molecule has 0 heterocycles. The Hall–Kier alpha value is 0.130. The maximum Gasteiger partial charge on any atom is 0.0837 e. The van der Waals surface area contributed by atoms with Crippen molar-refractivity contribution in [3.63, 3.8) is 0 Å². The van der Waals surface area contributed by atoms with Gasteiger partial charge in [-0.3, -0.25) is 0 Å². The minimum Gasteiger partial charge on any atom is -1.00 e. The summed E-state index contributed by atoms with van der Waals surface area (Å²) in [5.74, 6) is 0. The van der Waals surface area contributed by atoms with Crippen LogP contribution < -0.4 is 17.0 Å². The first-order valence-electron chi connectivity index (χ1n) is 5.50. The van der Waals surface area contributed by atoms with Crippen molar-refractivity contribution in [2.24, 2.45) is 0 Å². The van der Waals surface area contributed by atoms with Gasteiger partial charge in [0.05, 0.1) is 12.3 Å². The van der Waals surface area contributed by atoms with Gasteiger partial charge in [0, 0.05) is 20.6 Å². The average Bonchev–Trinajstić information content (AvgIpc) is 2.16. The molecule has 0 aromatic heterocycles. The van der Waals surface area contributed by atoms with Gasteiger partial charge in [0.25, 0.3) is 0 Å². The van der Waals surface area contributed by atoms with Crippen LogP contribution >= 0.6 is 7.26 Å². The molecule has 1 aromatic rings. The second kappa shape index (κ2) is 7.41. The van der Waals surface area contributed by atoms with E-state index in [1.165, 1.54) is 30.7 Å². The molecule has 0 bridgehead atoms. The zero-order chi connectivity index (χ0) is 10.4. The molecule has 0 nitrogen and oxygen atoms in total. The van der Waals surface area contributed by atoms with Gasteiger partial charge in [-0.25, -0.2) is 0 Å². The average molecular weight is 289 g/mol. The quantitative estimate of drug-likeness (QED) is 0.716. The first kappa shape index (κ1) is 15.1. The van der Waals surface area contributed by atoms with Gasteiger partial charge < -0.3 is 17.0 Å². The van der Waals surface area contributed by atoms with E-state index in [9.17, 15) is 0 Å². The van der Waals surface area contributed by atoms with Gasteiger partial charge in [0.1, 0.15) is 0 Å². The summed E-state index contributed by atoms with van der Waals surface area (Å²) in [4.78, 5) is 0. The molecule has 0 radical (unpaired) electrons. The maximum absolute atomic E-state index is 2.48. The normalized spacial score (nSPS) is 10.9. The molecule has 0 aliphatic rings. The van der Waals surface area contributed by atoms with E-state index in [1.807, 2.05) is 0 Å². The van der Waals surface area contributed by atoms with E-state index in [1.54, 1.807) is 0 Å². The van der Waals surface area contributed by atoms with Crippen molar-refractivity contribution < 1.29 is 17.0 Å². The molecule has 0 saturated carbocycles. The SMILES string of the molecule is CCCC[P+](C)(C)Cc1ccccc1.[Br-]. The fraction of sp³-hybridized carbons (Fsp3) is 0.538. The standard InChI is InChI=1S/C13H22P.BrH/c1-4-5-11-14(2,3)12-13-9-7-6-8-10-13;/h6-10H,4-5,11-12H2,1-3H3;1H/q+1;/p-1. The van der Waals surface area contributed by atoms with Crippen LogP contribution in [-0.4, -0.2) is 19.5 Å². The fourth-order valence-electron chi connectivity index (χ4n) is 1.74. The highest BCUT2D eigenvalue weighted by molar-refractivity contribution is 7.73. The van der Waals surface area contributed by atoms with Crippen molar-refractivity contribution in [2.45, 2.75) is 25.9 Å². The number of hydrogen-bond donors (Lipinski definition) is 0. The Morgan fingerprint density at radius 3 is 2.20 bits per heavy atom. The molecule has 0 amide bonds. The molecule has 86 valence electrons. The minimum absolute atomic E-state index is 0. The van der Waals surface area contributed by atoms with Gasteiger partial charge in [-0.05, 0) is 12.0 Å². The van der Waals surface area contributed by atoms with Crippen molar-refractivity contribution in [2.75, 3.05) is 19.5 Å². The molecule has 0 N–H and O–H groups in total. The number of benzene rings is 1. The molecule has 0 saturated heterocycles. The van der Waals surface area contributed by atoms with Gasteiger partial charge in [-0.1, -0.05) is 43.7 Å². The van der Waals surface area contributed by atoms with E-state index < -0.39 is 7.26 Å². The summed E-state index contributed by atoms with van der Waals surface area (Å²) in [6, 6.07) is 10.9. The number of hydrogen-bond acceptors (Lipinski definition) is 0. The molecular weight excluding hydrogens is 267 g/mol. The first-order chi connectivity index (χ1) is 6.64. The summed E-state index contributed by atoms with van der Waals surface area (Å²) in [7, 11) is -0.681. The Labute approximate surface area is 106 Å². The van der Waals surface area contributed by atoms with Gasteiger partial charge >= 0.3 is 0 Å². The predicted octanol–water partition coefficient (Wildman–Crippen LogP) is 1.27. The Morgan fingerprint density at radius 1 is 1.07 bits per heavy atom. The molecule has 0 fully saturated rings. The molecule has 2 heteroatoms. The monoisotopic (exact) mass is 288 g/mol. The summed E-state index contributed by atoms with van der Waals surface area (Å²) < 4.78 is 0. The molecule has 1 rings (SSSR count). The summed E-state index contributed by atoms with van der Waals surface area (Å²) in [6.07, 6.45) is 5.48. The van der Waals surface area contributed by atoms with E-state index >= 15 is 0 Å². The van der Waals surface area contributed by atoms with Gasteiger partial charge in [-0.2, -0.15) is 0 Å². The van der Waals surface area contributed by atoms with Crippen LogP contribution in [0.3, 0.4) is 0 Å². The van der Waals surface area contributed by atoms with Crippen LogP contribution in [0.5, 0.6) is 0 Å². The van der Waals surface area contributed by atoms with Gasteiger partial charge in [-0.15, -0.1) is 0 Å². The van der Waals surface area contributed by atoms with Crippen LogP contribution in [0, 0.1) is 0 Å². The lowest BCUT2D eigenvalue weighted by Gasteiger charge is -2.17. The Bertz CT molecular complexity index is 256. The van der Waals surface area contributed by atoms with Gasteiger partial charge in [0.2, 0.25) is 0 Å². The highest BCUT2D eigenvalue weighted by Crippen LogP contribution is 2.54. The lowest BCUT2D eigenvalue weighted by Crippen LogP contribution is -3.00. The molecule has 0 atom stereocenters. The number of unbranched alkanes of at least 4 members (excludes halogenated alkanes) is 1. The summed E-state index contributed by atoms with van der Waals surface area (Å²) in [5.41, 5.74) is 1.52. The second-order valence-electron chi connectivity index (χ2n) is 4.66. The van der Waals surface area contributed by atoms with Crippen LogP contribution in [0.25, 0.3) is 0 Å². The van der Waals surface area contributed by atoms with E-state index in [2.05, 4.69) is 50.6 Å². The van der Waals surface area contributed by atoms with Crippen molar-refractivity contribution in [3.8, 4) is 0 Å². The third-order valence-corrected chi connectivity index (χ3v) is 5.32. The lowest BCUT2D eigenvalue weighted by molar-refractivity contribution is -0.00000326. The number of rotatable bonds is 5. The van der Waals surface area contributed by atoms with Crippen molar-refractivity contribution in [1.82, 2.24) is 0 Å². The zero-order valence-electron chi connectivity index (χ0n) is 10.0. The van der Waals surface area contributed by atoms with Crippen LogP contribution in [-0.2, 0) is 6.16 Å².